The number of carbonyl (C=O) groups is 1. The SMILES string of the molecule is CCC(C)(C)C(=O)OC(C)c1c(OC)cc(O)c(I)c1O. The van der Waals surface area contributed by atoms with Gasteiger partial charge in [-0.15, -0.1) is 0 Å². The summed E-state index contributed by atoms with van der Waals surface area (Å²) in [5.41, 5.74) is -0.249. The Labute approximate surface area is 138 Å². The lowest BCUT2D eigenvalue weighted by Crippen LogP contribution is -2.27. The van der Waals surface area contributed by atoms with Crippen molar-refractivity contribution in [2.75, 3.05) is 7.11 Å². The van der Waals surface area contributed by atoms with Gasteiger partial charge in [0.25, 0.3) is 0 Å². The van der Waals surface area contributed by atoms with E-state index in [9.17, 15) is 15.0 Å². The maximum absolute atomic E-state index is 12.1. The second kappa shape index (κ2) is 6.72. The number of ether oxygens (including phenoxy) is 2. The summed E-state index contributed by atoms with van der Waals surface area (Å²) in [6.07, 6.45) is -0.0400. The molecule has 6 heteroatoms. The van der Waals surface area contributed by atoms with Crippen LogP contribution < -0.4 is 4.74 Å². The van der Waals surface area contributed by atoms with Gasteiger partial charge in [0.1, 0.15) is 23.4 Å². The van der Waals surface area contributed by atoms with Gasteiger partial charge in [-0.2, -0.15) is 0 Å². The summed E-state index contributed by atoms with van der Waals surface area (Å²) in [7, 11) is 1.43. The molecular weight excluding hydrogens is 387 g/mol. The van der Waals surface area contributed by atoms with E-state index in [4.69, 9.17) is 9.47 Å². The third-order valence-electron chi connectivity index (χ3n) is 3.57. The maximum atomic E-state index is 12.1. The fourth-order valence-electron chi connectivity index (χ4n) is 1.71. The molecule has 1 rings (SSSR count). The summed E-state index contributed by atoms with van der Waals surface area (Å²) in [5.74, 6) is -0.287. The Kier molecular flexibility index (Phi) is 5.72. The minimum atomic E-state index is -0.688. The monoisotopic (exact) mass is 408 g/mol. The Bertz CT molecular complexity index is 539. The normalized spacial score (nSPS) is 12.9. The zero-order valence-corrected chi connectivity index (χ0v) is 15.0. The number of carbonyl (C=O) groups excluding carboxylic acids is 1. The molecule has 0 aliphatic rings. The van der Waals surface area contributed by atoms with E-state index in [1.165, 1.54) is 13.2 Å². The Hall–Kier alpha value is -1.18. The zero-order valence-electron chi connectivity index (χ0n) is 12.9. The van der Waals surface area contributed by atoms with Crippen molar-refractivity contribution < 1.29 is 24.5 Å². The van der Waals surface area contributed by atoms with E-state index in [-0.39, 0.29) is 23.2 Å². The lowest BCUT2D eigenvalue weighted by Gasteiger charge is -2.25. The van der Waals surface area contributed by atoms with Crippen molar-refractivity contribution in [1.29, 1.82) is 0 Å². The highest BCUT2D eigenvalue weighted by atomic mass is 127. The number of phenols is 2. The molecule has 1 atom stereocenters. The number of esters is 1. The fourth-order valence-corrected chi connectivity index (χ4v) is 2.15. The van der Waals surface area contributed by atoms with Crippen LogP contribution in [0.2, 0.25) is 0 Å². The Morgan fingerprint density at radius 1 is 1.43 bits per heavy atom. The van der Waals surface area contributed by atoms with Crippen LogP contribution in [-0.2, 0) is 9.53 Å². The zero-order chi connectivity index (χ0) is 16.4. The lowest BCUT2D eigenvalue weighted by molar-refractivity contribution is -0.159. The van der Waals surface area contributed by atoms with Crippen molar-refractivity contribution in [3.05, 3.63) is 15.2 Å². The highest BCUT2D eigenvalue weighted by Crippen LogP contribution is 2.43. The average molecular weight is 408 g/mol. The second-order valence-corrected chi connectivity index (χ2v) is 6.54. The van der Waals surface area contributed by atoms with Crippen LogP contribution in [0.15, 0.2) is 6.07 Å². The summed E-state index contributed by atoms with van der Waals surface area (Å²) in [6.45, 7) is 7.18. The number of hydrogen-bond acceptors (Lipinski definition) is 5. The second-order valence-electron chi connectivity index (χ2n) is 5.46. The summed E-state index contributed by atoms with van der Waals surface area (Å²) in [6, 6.07) is 1.39. The van der Waals surface area contributed by atoms with Crippen molar-refractivity contribution in [2.45, 2.75) is 40.2 Å². The van der Waals surface area contributed by atoms with Gasteiger partial charge >= 0.3 is 5.97 Å². The highest BCUT2D eigenvalue weighted by Gasteiger charge is 2.31. The summed E-state index contributed by atoms with van der Waals surface area (Å²) >= 11 is 1.82. The number of benzene rings is 1. The first-order valence-corrected chi connectivity index (χ1v) is 7.73. The van der Waals surface area contributed by atoms with E-state index >= 15 is 0 Å². The molecule has 0 heterocycles. The molecule has 0 radical (unpaired) electrons. The molecule has 118 valence electrons. The molecule has 2 N–H and O–H groups in total. The van der Waals surface area contributed by atoms with E-state index in [1.54, 1.807) is 20.8 Å². The predicted molar refractivity (Wildman–Crippen MR) is 87.6 cm³/mol. The van der Waals surface area contributed by atoms with E-state index in [2.05, 4.69) is 0 Å². The molecule has 1 aromatic carbocycles. The molecule has 5 nitrogen and oxygen atoms in total. The molecule has 0 aliphatic heterocycles. The first-order chi connectivity index (χ1) is 9.65. The molecular formula is C15H21IO5. The molecule has 0 amide bonds. The van der Waals surface area contributed by atoms with Crippen LogP contribution in [0.3, 0.4) is 0 Å². The van der Waals surface area contributed by atoms with Gasteiger partial charge in [0, 0.05) is 6.07 Å². The fraction of sp³-hybridized carbons (Fsp3) is 0.533. The van der Waals surface area contributed by atoms with E-state index in [1.807, 2.05) is 29.5 Å². The summed E-state index contributed by atoms with van der Waals surface area (Å²) < 4.78 is 10.9. The molecule has 0 bridgehead atoms. The Balaban J connectivity index is 3.16. The van der Waals surface area contributed by atoms with Crippen LogP contribution in [0.25, 0.3) is 0 Å². The molecule has 0 aliphatic carbocycles. The van der Waals surface area contributed by atoms with Crippen molar-refractivity contribution in [1.82, 2.24) is 0 Å². The molecule has 0 saturated heterocycles. The van der Waals surface area contributed by atoms with Crippen LogP contribution in [-0.4, -0.2) is 23.3 Å². The van der Waals surface area contributed by atoms with E-state index < -0.39 is 11.5 Å². The number of halogens is 1. The van der Waals surface area contributed by atoms with E-state index in [0.717, 1.165) is 0 Å². The van der Waals surface area contributed by atoms with Gasteiger partial charge in [0.05, 0.1) is 21.7 Å². The lowest BCUT2D eigenvalue weighted by atomic mass is 9.90. The van der Waals surface area contributed by atoms with Crippen molar-refractivity contribution in [3.8, 4) is 17.2 Å². The Morgan fingerprint density at radius 3 is 2.48 bits per heavy atom. The van der Waals surface area contributed by atoms with Crippen molar-refractivity contribution in [3.63, 3.8) is 0 Å². The van der Waals surface area contributed by atoms with Crippen LogP contribution in [0, 0.1) is 8.99 Å². The van der Waals surface area contributed by atoms with Crippen LogP contribution in [0.5, 0.6) is 17.2 Å². The van der Waals surface area contributed by atoms with Gasteiger partial charge in [-0.25, -0.2) is 0 Å². The minimum absolute atomic E-state index is 0.0823. The number of aromatic hydroxyl groups is 2. The smallest absolute Gasteiger partial charge is 0.312 e. The van der Waals surface area contributed by atoms with Gasteiger partial charge in [-0.3, -0.25) is 4.79 Å². The van der Waals surface area contributed by atoms with Crippen LogP contribution >= 0.6 is 22.6 Å². The molecule has 0 saturated carbocycles. The first kappa shape index (κ1) is 17.9. The minimum Gasteiger partial charge on any atom is -0.507 e. The van der Waals surface area contributed by atoms with E-state index in [0.29, 0.717) is 15.6 Å². The molecule has 21 heavy (non-hydrogen) atoms. The first-order valence-electron chi connectivity index (χ1n) is 6.65. The maximum Gasteiger partial charge on any atom is 0.312 e. The number of rotatable bonds is 5. The van der Waals surface area contributed by atoms with Gasteiger partial charge in [0.15, 0.2) is 0 Å². The molecule has 0 aromatic heterocycles. The third kappa shape index (κ3) is 3.72. The van der Waals surface area contributed by atoms with Crippen LogP contribution in [0.1, 0.15) is 45.8 Å². The summed E-state index contributed by atoms with van der Waals surface area (Å²) in [4.78, 5) is 12.1. The van der Waals surface area contributed by atoms with Crippen molar-refractivity contribution >= 4 is 28.6 Å². The molecule has 0 fully saturated rings. The third-order valence-corrected chi connectivity index (χ3v) is 4.63. The molecule has 1 aromatic rings. The molecule has 0 spiro atoms. The topological polar surface area (TPSA) is 76.0 Å². The van der Waals surface area contributed by atoms with Gasteiger partial charge < -0.3 is 19.7 Å². The number of hydrogen-bond donors (Lipinski definition) is 2. The largest absolute Gasteiger partial charge is 0.507 e. The molecule has 1 unspecified atom stereocenters. The van der Waals surface area contributed by atoms with Gasteiger partial charge in [-0.1, -0.05) is 6.92 Å². The standard InChI is InChI=1S/C15H21IO5/c1-6-15(3,4)14(19)21-8(2)11-10(20-5)7-9(17)12(16)13(11)18/h7-8,17-18H,6H2,1-5H3. The quantitative estimate of drug-likeness (QED) is 0.574. The predicted octanol–water partition coefficient (Wildman–Crippen LogP) is 3.75. The number of methoxy groups -OCH3 is 1. The van der Waals surface area contributed by atoms with Gasteiger partial charge in [-0.05, 0) is 49.8 Å². The van der Waals surface area contributed by atoms with Gasteiger partial charge in [0.2, 0.25) is 0 Å². The van der Waals surface area contributed by atoms with Crippen LogP contribution in [0.4, 0.5) is 0 Å². The number of phenolic OH excluding ortho intramolecular Hbond substituents is 2. The highest BCUT2D eigenvalue weighted by molar-refractivity contribution is 14.1. The average Bonchev–Trinajstić information content (AvgIpc) is 2.43. The summed E-state index contributed by atoms with van der Waals surface area (Å²) in [5, 5.41) is 19.9. The Morgan fingerprint density at radius 2 is 2.00 bits per heavy atom. The van der Waals surface area contributed by atoms with Crippen molar-refractivity contribution in [2.24, 2.45) is 5.41 Å².